The number of rotatable bonds is 6. The zero-order valence-electron chi connectivity index (χ0n) is 15.2. The number of nitrogens with zero attached hydrogens (tertiary/aromatic N) is 2. The lowest BCUT2D eigenvalue weighted by atomic mass is 10.1. The van der Waals surface area contributed by atoms with Gasteiger partial charge in [0.15, 0.2) is 11.5 Å². The highest BCUT2D eigenvalue weighted by atomic mass is 32.1. The fourth-order valence-corrected chi connectivity index (χ4v) is 3.34. The van der Waals surface area contributed by atoms with Gasteiger partial charge in [-0.25, -0.2) is 4.98 Å². The highest BCUT2D eigenvalue weighted by Crippen LogP contribution is 2.31. The van der Waals surface area contributed by atoms with Crippen molar-refractivity contribution in [3.05, 3.63) is 58.4 Å². The summed E-state index contributed by atoms with van der Waals surface area (Å²) in [4.78, 5) is 4.61. The third kappa shape index (κ3) is 4.10. The summed E-state index contributed by atoms with van der Waals surface area (Å²) in [7, 11) is 4.80. The minimum Gasteiger partial charge on any atom is -0.497 e. The van der Waals surface area contributed by atoms with Crippen molar-refractivity contribution in [2.24, 2.45) is 0 Å². The number of benzene rings is 2. The van der Waals surface area contributed by atoms with Gasteiger partial charge in [0.2, 0.25) is 0 Å². The summed E-state index contributed by atoms with van der Waals surface area (Å²) in [6.07, 6.45) is 1.79. The number of methoxy groups -OCH3 is 3. The molecular weight excluding hydrogens is 360 g/mol. The van der Waals surface area contributed by atoms with E-state index in [2.05, 4.69) is 11.1 Å². The van der Waals surface area contributed by atoms with Crippen LogP contribution in [0.25, 0.3) is 22.9 Å². The molecule has 0 fully saturated rings. The van der Waals surface area contributed by atoms with Crippen LogP contribution >= 0.6 is 11.3 Å². The van der Waals surface area contributed by atoms with Gasteiger partial charge >= 0.3 is 0 Å². The first-order chi connectivity index (χ1) is 13.2. The molecule has 0 aliphatic heterocycles. The second-order valence-electron chi connectivity index (χ2n) is 5.55. The van der Waals surface area contributed by atoms with E-state index < -0.39 is 0 Å². The Labute approximate surface area is 162 Å². The van der Waals surface area contributed by atoms with Gasteiger partial charge < -0.3 is 14.2 Å². The summed E-state index contributed by atoms with van der Waals surface area (Å²) >= 11 is 1.43. The molecule has 136 valence electrons. The van der Waals surface area contributed by atoms with Gasteiger partial charge in [-0.1, -0.05) is 6.07 Å². The van der Waals surface area contributed by atoms with Crippen LogP contribution in [-0.4, -0.2) is 26.3 Å². The average Bonchev–Trinajstić information content (AvgIpc) is 3.21. The number of hydrogen-bond acceptors (Lipinski definition) is 6. The highest BCUT2D eigenvalue weighted by molar-refractivity contribution is 7.11. The van der Waals surface area contributed by atoms with Crippen LogP contribution in [0.4, 0.5) is 0 Å². The summed E-state index contributed by atoms with van der Waals surface area (Å²) in [6, 6.07) is 15.4. The molecule has 0 unspecified atom stereocenters. The topological polar surface area (TPSA) is 64.4 Å². The van der Waals surface area contributed by atoms with E-state index in [4.69, 9.17) is 14.2 Å². The predicted molar refractivity (Wildman–Crippen MR) is 107 cm³/mol. The molecule has 0 aliphatic rings. The lowest BCUT2D eigenvalue weighted by molar-refractivity contribution is 0.355. The van der Waals surface area contributed by atoms with Gasteiger partial charge in [-0.3, -0.25) is 0 Å². The van der Waals surface area contributed by atoms with Crippen LogP contribution in [0.5, 0.6) is 17.2 Å². The summed E-state index contributed by atoms with van der Waals surface area (Å²) in [5.74, 6) is 2.05. The van der Waals surface area contributed by atoms with Crippen molar-refractivity contribution in [1.29, 1.82) is 5.26 Å². The van der Waals surface area contributed by atoms with Crippen molar-refractivity contribution < 1.29 is 14.2 Å². The van der Waals surface area contributed by atoms with E-state index in [-0.39, 0.29) is 0 Å². The van der Waals surface area contributed by atoms with E-state index >= 15 is 0 Å². The van der Waals surface area contributed by atoms with E-state index in [1.807, 2.05) is 47.8 Å². The molecule has 1 heterocycles. The Balaban J connectivity index is 1.91. The number of allylic oxidation sites excluding steroid dienone is 1. The summed E-state index contributed by atoms with van der Waals surface area (Å²) in [5, 5.41) is 12.2. The van der Waals surface area contributed by atoms with E-state index in [0.29, 0.717) is 22.1 Å². The lowest BCUT2D eigenvalue weighted by Crippen LogP contribution is -1.91. The SMILES string of the molecule is COc1ccc(-c2csc(/C(C#N)=C\c3ccc(OC)c(OC)c3)n2)cc1. The summed E-state index contributed by atoms with van der Waals surface area (Å²) in [5.41, 5.74) is 3.13. The Hall–Kier alpha value is -3.30. The second-order valence-corrected chi connectivity index (χ2v) is 6.41. The molecular formula is C21H18N2O3S. The van der Waals surface area contributed by atoms with Crippen LogP contribution in [0.3, 0.4) is 0 Å². The average molecular weight is 378 g/mol. The van der Waals surface area contributed by atoms with Crippen molar-refractivity contribution in [3.63, 3.8) is 0 Å². The number of thiazole rings is 1. The largest absolute Gasteiger partial charge is 0.497 e. The molecule has 5 nitrogen and oxygen atoms in total. The Morgan fingerprint density at radius 2 is 1.74 bits per heavy atom. The number of aromatic nitrogens is 1. The molecule has 0 atom stereocenters. The predicted octanol–water partition coefficient (Wildman–Crippen LogP) is 4.90. The molecule has 0 amide bonds. The van der Waals surface area contributed by atoms with Crippen molar-refractivity contribution in [3.8, 4) is 34.6 Å². The molecule has 0 N–H and O–H groups in total. The Kier molecular flexibility index (Phi) is 5.74. The summed E-state index contributed by atoms with van der Waals surface area (Å²) < 4.78 is 15.7. The van der Waals surface area contributed by atoms with Gasteiger partial charge in [0.05, 0.1) is 32.6 Å². The minimum atomic E-state index is 0.493. The molecule has 2 aromatic carbocycles. The minimum absolute atomic E-state index is 0.493. The van der Waals surface area contributed by atoms with Gasteiger partial charge in [-0.05, 0) is 48.0 Å². The Morgan fingerprint density at radius 3 is 2.37 bits per heavy atom. The fraction of sp³-hybridized carbons (Fsp3) is 0.143. The van der Waals surface area contributed by atoms with Crippen molar-refractivity contribution >= 4 is 23.0 Å². The molecule has 0 bridgehead atoms. The van der Waals surface area contributed by atoms with Gasteiger partial charge in [0.1, 0.15) is 16.8 Å². The standard InChI is InChI=1S/C21H18N2O3S/c1-24-17-7-5-15(6-8-17)18-13-27-21(23-18)16(12-22)10-14-4-9-19(25-2)20(11-14)26-3/h4-11,13H,1-3H3/b16-10-. The van der Waals surface area contributed by atoms with Crippen LogP contribution in [0.2, 0.25) is 0 Å². The van der Waals surface area contributed by atoms with Crippen molar-refractivity contribution in [1.82, 2.24) is 4.98 Å². The van der Waals surface area contributed by atoms with Crippen LogP contribution < -0.4 is 14.2 Å². The quantitative estimate of drug-likeness (QED) is 0.571. The van der Waals surface area contributed by atoms with E-state index in [1.54, 1.807) is 27.4 Å². The zero-order valence-corrected chi connectivity index (χ0v) is 16.0. The molecule has 0 aliphatic carbocycles. The maximum Gasteiger partial charge on any atom is 0.161 e. The third-order valence-electron chi connectivity index (χ3n) is 3.96. The molecule has 0 saturated carbocycles. The molecule has 0 radical (unpaired) electrons. The Bertz CT molecular complexity index is 1000. The van der Waals surface area contributed by atoms with Crippen molar-refractivity contribution in [2.45, 2.75) is 0 Å². The number of nitriles is 1. The highest BCUT2D eigenvalue weighted by Gasteiger charge is 2.10. The molecule has 6 heteroatoms. The second kappa shape index (κ2) is 8.39. The Morgan fingerprint density at radius 1 is 1.00 bits per heavy atom. The van der Waals surface area contributed by atoms with Crippen LogP contribution in [-0.2, 0) is 0 Å². The van der Waals surface area contributed by atoms with Gasteiger partial charge in [-0.2, -0.15) is 5.26 Å². The molecule has 0 spiro atoms. The molecule has 1 aromatic heterocycles. The van der Waals surface area contributed by atoms with Crippen LogP contribution in [0, 0.1) is 11.3 Å². The van der Waals surface area contributed by atoms with Gasteiger partial charge in [-0.15, -0.1) is 11.3 Å². The first kappa shape index (κ1) is 18.5. The van der Waals surface area contributed by atoms with Crippen molar-refractivity contribution in [2.75, 3.05) is 21.3 Å². The molecule has 0 saturated heterocycles. The first-order valence-electron chi connectivity index (χ1n) is 8.12. The monoisotopic (exact) mass is 378 g/mol. The van der Waals surface area contributed by atoms with Crippen LogP contribution in [0.15, 0.2) is 47.8 Å². The number of hydrogen-bond donors (Lipinski definition) is 0. The fourth-order valence-electron chi connectivity index (χ4n) is 2.54. The van der Waals surface area contributed by atoms with Gasteiger partial charge in [0.25, 0.3) is 0 Å². The first-order valence-corrected chi connectivity index (χ1v) is 9.00. The lowest BCUT2D eigenvalue weighted by Gasteiger charge is -2.07. The van der Waals surface area contributed by atoms with E-state index in [1.165, 1.54) is 11.3 Å². The smallest absolute Gasteiger partial charge is 0.161 e. The van der Waals surface area contributed by atoms with Crippen LogP contribution in [0.1, 0.15) is 10.6 Å². The van der Waals surface area contributed by atoms with E-state index in [0.717, 1.165) is 22.6 Å². The maximum atomic E-state index is 9.59. The zero-order chi connectivity index (χ0) is 19.2. The summed E-state index contributed by atoms with van der Waals surface area (Å²) in [6.45, 7) is 0. The number of ether oxygens (including phenoxy) is 3. The van der Waals surface area contributed by atoms with Gasteiger partial charge in [0, 0.05) is 10.9 Å². The third-order valence-corrected chi connectivity index (χ3v) is 4.83. The molecule has 3 rings (SSSR count). The molecule has 3 aromatic rings. The molecule has 27 heavy (non-hydrogen) atoms. The normalized spacial score (nSPS) is 11.0. The van der Waals surface area contributed by atoms with E-state index in [9.17, 15) is 5.26 Å². The maximum absolute atomic E-state index is 9.59.